The first-order valence-corrected chi connectivity index (χ1v) is 5.71. The standard InChI is InChI=1S/C12H14N2O4/c1-8(15)9-2-3-11(12(6-9)14(17)18)13-5-4-10(16)7-13/h2-3,6,10,16H,4-5,7H2,1H3/t10-/m1/s1. The summed E-state index contributed by atoms with van der Waals surface area (Å²) in [4.78, 5) is 23.5. The number of nitro benzene ring substituents is 1. The van der Waals surface area contributed by atoms with Crippen molar-refractivity contribution >= 4 is 17.2 Å². The fourth-order valence-corrected chi connectivity index (χ4v) is 2.12. The Hall–Kier alpha value is -1.95. The van der Waals surface area contributed by atoms with Gasteiger partial charge in [0.1, 0.15) is 5.69 Å². The molecule has 0 unspecified atom stereocenters. The van der Waals surface area contributed by atoms with Gasteiger partial charge in [0.15, 0.2) is 5.78 Å². The Kier molecular flexibility index (Phi) is 3.29. The predicted octanol–water partition coefficient (Wildman–Crippen LogP) is 1.37. The van der Waals surface area contributed by atoms with Crippen molar-refractivity contribution < 1.29 is 14.8 Å². The lowest BCUT2D eigenvalue weighted by Gasteiger charge is -2.17. The topological polar surface area (TPSA) is 83.7 Å². The monoisotopic (exact) mass is 250 g/mol. The first kappa shape index (κ1) is 12.5. The molecule has 1 heterocycles. The molecule has 6 heteroatoms. The first-order chi connectivity index (χ1) is 8.49. The van der Waals surface area contributed by atoms with E-state index in [2.05, 4.69) is 0 Å². The normalized spacial score (nSPS) is 19.0. The number of β-amino-alcohol motifs (C(OH)–C–C–N with tert-alkyl or cyclic N) is 1. The second kappa shape index (κ2) is 4.73. The van der Waals surface area contributed by atoms with Gasteiger partial charge in [0, 0.05) is 24.7 Å². The number of benzene rings is 1. The third-order valence-corrected chi connectivity index (χ3v) is 3.08. The first-order valence-electron chi connectivity index (χ1n) is 5.71. The summed E-state index contributed by atoms with van der Waals surface area (Å²) in [5, 5.41) is 20.5. The zero-order chi connectivity index (χ0) is 13.3. The van der Waals surface area contributed by atoms with E-state index in [9.17, 15) is 20.0 Å². The van der Waals surface area contributed by atoms with Gasteiger partial charge >= 0.3 is 0 Å². The van der Waals surface area contributed by atoms with Crippen molar-refractivity contribution in [3.63, 3.8) is 0 Å². The van der Waals surface area contributed by atoms with E-state index in [1.54, 1.807) is 17.0 Å². The number of nitro groups is 1. The smallest absolute Gasteiger partial charge is 0.293 e. The summed E-state index contributed by atoms with van der Waals surface area (Å²) in [5.41, 5.74) is 0.698. The molecule has 0 amide bonds. The van der Waals surface area contributed by atoms with Crippen LogP contribution in [-0.2, 0) is 0 Å². The molecule has 1 N–H and O–H groups in total. The summed E-state index contributed by atoms with van der Waals surface area (Å²) >= 11 is 0. The minimum atomic E-state index is -0.494. The lowest BCUT2D eigenvalue weighted by atomic mass is 10.1. The lowest BCUT2D eigenvalue weighted by Crippen LogP contribution is -2.22. The number of aliphatic hydroxyl groups excluding tert-OH is 1. The molecule has 0 aliphatic carbocycles. The molecule has 6 nitrogen and oxygen atoms in total. The van der Waals surface area contributed by atoms with Crippen LogP contribution in [0.2, 0.25) is 0 Å². The number of carbonyl (C=O) groups is 1. The largest absolute Gasteiger partial charge is 0.391 e. The highest BCUT2D eigenvalue weighted by Crippen LogP contribution is 2.31. The van der Waals surface area contributed by atoms with Crippen molar-refractivity contribution in [2.45, 2.75) is 19.4 Å². The van der Waals surface area contributed by atoms with Crippen LogP contribution in [0.1, 0.15) is 23.7 Å². The minimum absolute atomic E-state index is 0.0863. The molecule has 96 valence electrons. The Bertz CT molecular complexity index is 501. The molecular weight excluding hydrogens is 236 g/mol. The van der Waals surface area contributed by atoms with E-state index in [1.807, 2.05) is 0 Å². The summed E-state index contributed by atoms with van der Waals surface area (Å²) < 4.78 is 0. The van der Waals surface area contributed by atoms with E-state index in [1.165, 1.54) is 13.0 Å². The second-order valence-corrected chi connectivity index (χ2v) is 4.41. The number of nitrogens with zero attached hydrogens (tertiary/aromatic N) is 2. The van der Waals surface area contributed by atoms with E-state index >= 15 is 0 Å². The number of carbonyl (C=O) groups excluding carboxylic acids is 1. The highest BCUT2D eigenvalue weighted by Gasteiger charge is 2.26. The van der Waals surface area contributed by atoms with E-state index in [0.717, 1.165) is 0 Å². The van der Waals surface area contributed by atoms with Crippen LogP contribution in [0.3, 0.4) is 0 Å². The van der Waals surface area contributed by atoms with Crippen molar-refractivity contribution in [2.24, 2.45) is 0 Å². The van der Waals surface area contributed by atoms with Crippen molar-refractivity contribution in [2.75, 3.05) is 18.0 Å². The third-order valence-electron chi connectivity index (χ3n) is 3.08. The van der Waals surface area contributed by atoms with Crippen LogP contribution < -0.4 is 4.90 Å². The van der Waals surface area contributed by atoms with Crippen molar-refractivity contribution in [3.05, 3.63) is 33.9 Å². The van der Waals surface area contributed by atoms with E-state index in [0.29, 0.717) is 30.8 Å². The average molecular weight is 250 g/mol. The fraction of sp³-hybridized carbons (Fsp3) is 0.417. The summed E-state index contributed by atoms with van der Waals surface area (Å²) in [6.07, 6.45) is 0.156. The zero-order valence-electron chi connectivity index (χ0n) is 10.00. The molecule has 0 spiro atoms. The maximum Gasteiger partial charge on any atom is 0.293 e. The van der Waals surface area contributed by atoms with Crippen LogP contribution in [-0.4, -0.2) is 35.0 Å². The number of rotatable bonds is 3. The van der Waals surface area contributed by atoms with Crippen molar-refractivity contribution in [1.82, 2.24) is 0 Å². The number of anilines is 1. The second-order valence-electron chi connectivity index (χ2n) is 4.41. The van der Waals surface area contributed by atoms with Crippen LogP contribution in [0.25, 0.3) is 0 Å². The Morgan fingerprint density at radius 3 is 2.78 bits per heavy atom. The van der Waals surface area contributed by atoms with Crippen molar-refractivity contribution in [3.8, 4) is 0 Å². The van der Waals surface area contributed by atoms with Gasteiger partial charge in [-0.15, -0.1) is 0 Å². The van der Waals surface area contributed by atoms with Crippen LogP contribution >= 0.6 is 0 Å². The number of aliphatic hydroxyl groups is 1. The van der Waals surface area contributed by atoms with Crippen LogP contribution in [0.5, 0.6) is 0 Å². The summed E-state index contributed by atoms with van der Waals surface area (Å²) in [6.45, 7) is 2.35. The highest BCUT2D eigenvalue weighted by molar-refractivity contribution is 5.95. The number of hydrogen-bond donors (Lipinski definition) is 1. The number of ketones is 1. The Morgan fingerprint density at radius 2 is 2.28 bits per heavy atom. The maximum atomic E-state index is 11.2. The van der Waals surface area contributed by atoms with Gasteiger partial charge < -0.3 is 10.0 Å². The summed E-state index contributed by atoms with van der Waals surface area (Å²) in [5.74, 6) is -0.203. The van der Waals surface area contributed by atoms with E-state index in [-0.39, 0.29) is 11.5 Å². The van der Waals surface area contributed by atoms with Gasteiger partial charge in [-0.05, 0) is 25.5 Å². The molecule has 1 saturated heterocycles. The Balaban J connectivity index is 2.41. The zero-order valence-corrected chi connectivity index (χ0v) is 10.00. The van der Waals surface area contributed by atoms with E-state index in [4.69, 9.17) is 0 Å². The molecule has 18 heavy (non-hydrogen) atoms. The van der Waals surface area contributed by atoms with Crippen LogP contribution in [0, 0.1) is 10.1 Å². The van der Waals surface area contributed by atoms with Gasteiger partial charge in [0.05, 0.1) is 11.0 Å². The van der Waals surface area contributed by atoms with Gasteiger partial charge in [0.25, 0.3) is 5.69 Å². The van der Waals surface area contributed by atoms with Crippen LogP contribution in [0.15, 0.2) is 18.2 Å². The molecule has 0 saturated carbocycles. The molecule has 1 aliphatic rings. The SMILES string of the molecule is CC(=O)c1ccc(N2CC[C@@H](O)C2)c([N+](=O)[O-])c1. The quantitative estimate of drug-likeness (QED) is 0.497. The molecule has 1 aromatic carbocycles. The molecule has 1 aliphatic heterocycles. The van der Waals surface area contributed by atoms with Crippen LogP contribution in [0.4, 0.5) is 11.4 Å². The van der Waals surface area contributed by atoms with Gasteiger partial charge in [-0.3, -0.25) is 14.9 Å². The molecule has 1 atom stereocenters. The van der Waals surface area contributed by atoms with Gasteiger partial charge in [-0.25, -0.2) is 0 Å². The van der Waals surface area contributed by atoms with Gasteiger partial charge in [-0.2, -0.15) is 0 Å². The molecule has 0 bridgehead atoms. The number of hydrogen-bond acceptors (Lipinski definition) is 5. The number of Topliss-reactive ketones (excluding diaryl/α,β-unsaturated/α-hetero) is 1. The molecule has 1 fully saturated rings. The third kappa shape index (κ3) is 2.33. The summed E-state index contributed by atoms with van der Waals surface area (Å²) in [7, 11) is 0. The molecule has 2 rings (SSSR count). The fourth-order valence-electron chi connectivity index (χ4n) is 2.12. The van der Waals surface area contributed by atoms with Crippen molar-refractivity contribution in [1.29, 1.82) is 0 Å². The Labute approximate surface area is 104 Å². The maximum absolute atomic E-state index is 11.2. The average Bonchev–Trinajstić information content (AvgIpc) is 2.74. The molecule has 1 aromatic rings. The lowest BCUT2D eigenvalue weighted by molar-refractivity contribution is -0.384. The summed E-state index contributed by atoms with van der Waals surface area (Å²) in [6, 6.07) is 4.45. The van der Waals surface area contributed by atoms with Gasteiger partial charge in [0.2, 0.25) is 0 Å². The Morgan fingerprint density at radius 1 is 1.56 bits per heavy atom. The minimum Gasteiger partial charge on any atom is -0.391 e. The molecule has 0 aromatic heterocycles. The predicted molar refractivity (Wildman–Crippen MR) is 65.9 cm³/mol. The van der Waals surface area contributed by atoms with E-state index < -0.39 is 11.0 Å². The molecular formula is C12H14N2O4. The highest BCUT2D eigenvalue weighted by atomic mass is 16.6. The van der Waals surface area contributed by atoms with Gasteiger partial charge in [-0.1, -0.05) is 0 Å². The molecule has 0 radical (unpaired) electrons.